The molecule has 1 aromatic rings. The van der Waals surface area contributed by atoms with Crippen molar-refractivity contribution < 1.29 is 9.47 Å². The summed E-state index contributed by atoms with van der Waals surface area (Å²) < 4.78 is 10.5. The molecular formula is C16H26ClNO2. The van der Waals surface area contributed by atoms with Crippen LogP contribution in [0.15, 0.2) is 18.2 Å². The summed E-state index contributed by atoms with van der Waals surface area (Å²) in [6.07, 6.45) is 0.960. The van der Waals surface area contributed by atoms with E-state index in [2.05, 4.69) is 19.2 Å². The van der Waals surface area contributed by atoms with Crippen molar-refractivity contribution in [1.82, 2.24) is 5.32 Å². The fourth-order valence-corrected chi connectivity index (χ4v) is 2.39. The molecular weight excluding hydrogens is 274 g/mol. The number of hydrogen-bond donors (Lipinski definition) is 1. The Morgan fingerprint density at radius 2 is 2.00 bits per heavy atom. The van der Waals surface area contributed by atoms with Crippen molar-refractivity contribution in [2.45, 2.75) is 20.3 Å². The molecule has 1 unspecified atom stereocenters. The first-order valence-electron chi connectivity index (χ1n) is 7.10. The van der Waals surface area contributed by atoms with Crippen molar-refractivity contribution in [1.29, 1.82) is 0 Å². The molecule has 0 aromatic heterocycles. The molecule has 0 aliphatic heterocycles. The fourth-order valence-electron chi connectivity index (χ4n) is 2.19. The first kappa shape index (κ1) is 17.3. The zero-order chi connectivity index (χ0) is 15.0. The normalized spacial score (nSPS) is 12.7. The molecule has 20 heavy (non-hydrogen) atoms. The van der Waals surface area contributed by atoms with Gasteiger partial charge in [0, 0.05) is 18.7 Å². The molecule has 0 heterocycles. The standard InChI is InChI=1S/C16H26ClNO2/c1-12(2)14(11-18-7-8-19-3)9-13-10-15(17)5-6-16(13)20-4/h5-6,10,12,14,18H,7-9,11H2,1-4H3. The lowest BCUT2D eigenvalue weighted by molar-refractivity contribution is 0.196. The van der Waals surface area contributed by atoms with Crippen molar-refractivity contribution >= 4 is 11.6 Å². The summed E-state index contributed by atoms with van der Waals surface area (Å²) in [6.45, 7) is 7.09. The van der Waals surface area contributed by atoms with Gasteiger partial charge in [-0.05, 0) is 48.6 Å². The van der Waals surface area contributed by atoms with Crippen LogP contribution in [0.2, 0.25) is 5.02 Å². The maximum absolute atomic E-state index is 6.09. The van der Waals surface area contributed by atoms with Crippen molar-refractivity contribution in [3.63, 3.8) is 0 Å². The van der Waals surface area contributed by atoms with Gasteiger partial charge >= 0.3 is 0 Å². The lowest BCUT2D eigenvalue weighted by Gasteiger charge is -2.22. The van der Waals surface area contributed by atoms with Gasteiger partial charge in [-0.25, -0.2) is 0 Å². The van der Waals surface area contributed by atoms with Gasteiger partial charge in [-0.1, -0.05) is 25.4 Å². The Hall–Kier alpha value is -0.770. The number of hydrogen-bond acceptors (Lipinski definition) is 3. The summed E-state index contributed by atoms with van der Waals surface area (Å²) in [5.74, 6) is 2.05. The smallest absolute Gasteiger partial charge is 0.122 e. The van der Waals surface area contributed by atoms with Crippen LogP contribution in [-0.4, -0.2) is 33.9 Å². The van der Waals surface area contributed by atoms with Crippen molar-refractivity contribution in [2.24, 2.45) is 11.8 Å². The molecule has 0 aliphatic rings. The van der Waals surface area contributed by atoms with Crippen LogP contribution in [0.3, 0.4) is 0 Å². The third-order valence-corrected chi connectivity index (χ3v) is 3.79. The van der Waals surface area contributed by atoms with Gasteiger partial charge in [0.15, 0.2) is 0 Å². The topological polar surface area (TPSA) is 30.5 Å². The van der Waals surface area contributed by atoms with Crippen LogP contribution in [0.5, 0.6) is 5.75 Å². The molecule has 0 fully saturated rings. The SMILES string of the molecule is COCCNCC(Cc1cc(Cl)ccc1OC)C(C)C. The lowest BCUT2D eigenvalue weighted by Crippen LogP contribution is -2.30. The average Bonchev–Trinajstić information content (AvgIpc) is 2.42. The molecule has 0 aliphatic carbocycles. The zero-order valence-electron chi connectivity index (χ0n) is 12.9. The van der Waals surface area contributed by atoms with E-state index < -0.39 is 0 Å². The number of nitrogens with one attached hydrogen (secondary N) is 1. The molecule has 0 spiro atoms. The highest BCUT2D eigenvalue weighted by molar-refractivity contribution is 6.30. The second-order valence-electron chi connectivity index (χ2n) is 5.36. The predicted molar refractivity (Wildman–Crippen MR) is 84.8 cm³/mol. The Kier molecular flexibility index (Phi) is 7.97. The predicted octanol–water partition coefficient (Wildman–Crippen LogP) is 3.40. The highest BCUT2D eigenvalue weighted by atomic mass is 35.5. The number of rotatable bonds is 9. The molecule has 1 N–H and O–H groups in total. The number of methoxy groups -OCH3 is 2. The summed E-state index contributed by atoms with van der Waals surface area (Å²) >= 11 is 6.09. The number of halogens is 1. The first-order chi connectivity index (χ1) is 9.58. The maximum Gasteiger partial charge on any atom is 0.122 e. The highest BCUT2D eigenvalue weighted by Gasteiger charge is 2.16. The molecule has 0 bridgehead atoms. The molecule has 1 aromatic carbocycles. The van der Waals surface area contributed by atoms with E-state index in [1.54, 1.807) is 14.2 Å². The third-order valence-electron chi connectivity index (χ3n) is 3.56. The maximum atomic E-state index is 6.09. The van der Waals surface area contributed by atoms with Gasteiger partial charge in [0.1, 0.15) is 5.75 Å². The summed E-state index contributed by atoms with van der Waals surface area (Å²) in [5, 5.41) is 4.20. The molecule has 0 radical (unpaired) electrons. The largest absolute Gasteiger partial charge is 0.496 e. The van der Waals surface area contributed by atoms with E-state index in [1.165, 1.54) is 5.56 Å². The van der Waals surface area contributed by atoms with Crippen LogP contribution in [0.25, 0.3) is 0 Å². The molecule has 0 saturated carbocycles. The molecule has 114 valence electrons. The van der Waals surface area contributed by atoms with Gasteiger partial charge in [0.2, 0.25) is 0 Å². The summed E-state index contributed by atoms with van der Waals surface area (Å²) in [5.41, 5.74) is 1.17. The van der Waals surface area contributed by atoms with Crippen molar-refractivity contribution in [3.8, 4) is 5.75 Å². The Balaban J connectivity index is 2.67. The van der Waals surface area contributed by atoms with E-state index in [9.17, 15) is 0 Å². The zero-order valence-corrected chi connectivity index (χ0v) is 13.7. The highest BCUT2D eigenvalue weighted by Crippen LogP contribution is 2.27. The van der Waals surface area contributed by atoms with Crippen molar-refractivity contribution in [3.05, 3.63) is 28.8 Å². The molecule has 1 rings (SSSR count). The van der Waals surface area contributed by atoms with E-state index in [1.807, 2.05) is 18.2 Å². The summed E-state index contributed by atoms with van der Waals surface area (Å²) in [6, 6.07) is 5.81. The third kappa shape index (κ3) is 5.70. The van der Waals surface area contributed by atoms with E-state index >= 15 is 0 Å². The van der Waals surface area contributed by atoms with E-state index in [0.29, 0.717) is 11.8 Å². The monoisotopic (exact) mass is 299 g/mol. The van der Waals surface area contributed by atoms with Gasteiger partial charge in [-0.15, -0.1) is 0 Å². The quantitative estimate of drug-likeness (QED) is 0.709. The second kappa shape index (κ2) is 9.22. The molecule has 1 atom stereocenters. The molecule has 3 nitrogen and oxygen atoms in total. The summed E-state index contributed by atoms with van der Waals surface area (Å²) in [4.78, 5) is 0. The summed E-state index contributed by atoms with van der Waals surface area (Å²) in [7, 11) is 3.42. The first-order valence-corrected chi connectivity index (χ1v) is 7.48. The molecule has 0 amide bonds. The van der Waals surface area contributed by atoms with E-state index in [-0.39, 0.29) is 0 Å². The molecule has 4 heteroatoms. The number of ether oxygens (including phenoxy) is 2. The minimum atomic E-state index is 0.541. The van der Waals surface area contributed by atoms with Crippen LogP contribution in [0.1, 0.15) is 19.4 Å². The van der Waals surface area contributed by atoms with Crippen LogP contribution in [0.4, 0.5) is 0 Å². The van der Waals surface area contributed by atoms with Gasteiger partial charge in [-0.2, -0.15) is 0 Å². The number of benzene rings is 1. The Bertz CT molecular complexity index is 396. The van der Waals surface area contributed by atoms with Gasteiger partial charge < -0.3 is 14.8 Å². The van der Waals surface area contributed by atoms with Gasteiger partial charge in [-0.3, -0.25) is 0 Å². The van der Waals surface area contributed by atoms with Crippen LogP contribution in [-0.2, 0) is 11.2 Å². The van der Waals surface area contributed by atoms with Crippen LogP contribution >= 0.6 is 11.6 Å². The Labute approximate surface area is 127 Å². The lowest BCUT2D eigenvalue weighted by atomic mass is 9.89. The van der Waals surface area contributed by atoms with E-state index in [0.717, 1.165) is 36.9 Å². The van der Waals surface area contributed by atoms with Crippen molar-refractivity contribution in [2.75, 3.05) is 33.9 Å². The Morgan fingerprint density at radius 3 is 2.60 bits per heavy atom. The fraction of sp³-hybridized carbons (Fsp3) is 0.625. The average molecular weight is 300 g/mol. The van der Waals surface area contributed by atoms with Crippen LogP contribution < -0.4 is 10.1 Å². The van der Waals surface area contributed by atoms with Gasteiger partial charge in [0.05, 0.1) is 13.7 Å². The minimum Gasteiger partial charge on any atom is -0.496 e. The van der Waals surface area contributed by atoms with Crippen LogP contribution in [0, 0.1) is 11.8 Å². The Morgan fingerprint density at radius 1 is 1.25 bits per heavy atom. The second-order valence-corrected chi connectivity index (χ2v) is 5.80. The van der Waals surface area contributed by atoms with E-state index in [4.69, 9.17) is 21.1 Å². The molecule has 0 saturated heterocycles. The van der Waals surface area contributed by atoms with Gasteiger partial charge in [0.25, 0.3) is 0 Å². The minimum absolute atomic E-state index is 0.541.